The maximum absolute atomic E-state index is 11.1. The Balaban J connectivity index is 2.30. The number of carbonyl (C=O) groups is 2. The quantitative estimate of drug-likeness (QED) is 0.644. The van der Waals surface area contributed by atoms with E-state index < -0.39 is 5.97 Å². The summed E-state index contributed by atoms with van der Waals surface area (Å²) < 4.78 is 1.46. The number of hydrogen-bond donors (Lipinski definition) is 2. The van der Waals surface area contributed by atoms with Crippen LogP contribution in [0.1, 0.15) is 25.0 Å². The molecule has 17 heavy (non-hydrogen) atoms. The van der Waals surface area contributed by atoms with Gasteiger partial charge in [-0.05, 0) is 19.3 Å². The Kier molecular flexibility index (Phi) is 5.12. The molecule has 2 N–H and O–H groups in total. The SMILES string of the molecule is CNC(=O)Cn1cc(CCCCC(=O)O)nn1. The topological polar surface area (TPSA) is 97.1 Å². The lowest BCUT2D eigenvalue weighted by Crippen LogP contribution is -2.23. The predicted octanol–water partition coefficient (Wildman–Crippen LogP) is -0.179. The third kappa shape index (κ3) is 5.10. The number of amides is 1. The molecule has 1 aromatic rings. The Morgan fingerprint density at radius 2 is 2.24 bits per heavy atom. The highest BCUT2D eigenvalue weighted by Crippen LogP contribution is 2.03. The maximum atomic E-state index is 11.1. The number of hydrogen-bond acceptors (Lipinski definition) is 4. The molecule has 1 rings (SSSR count). The molecule has 0 aromatic carbocycles. The fourth-order valence-electron chi connectivity index (χ4n) is 1.34. The number of carboxylic acids is 1. The van der Waals surface area contributed by atoms with Crippen LogP contribution in [0.4, 0.5) is 0 Å². The summed E-state index contributed by atoms with van der Waals surface area (Å²) >= 11 is 0. The van der Waals surface area contributed by atoms with Crippen molar-refractivity contribution in [2.45, 2.75) is 32.2 Å². The van der Waals surface area contributed by atoms with Crippen molar-refractivity contribution in [3.63, 3.8) is 0 Å². The largest absolute Gasteiger partial charge is 0.481 e. The van der Waals surface area contributed by atoms with Crippen molar-refractivity contribution in [3.8, 4) is 0 Å². The van der Waals surface area contributed by atoms with Gasteiger partial charge in [0.25, 0.3) is 0 Å². The number of likely N-dealkylation sites (N-methyl/N-ethyl adjacent to an activating group) is 1. The van der Waals surface area contributed by atoms with Gasteiger partial charge < -0.3 is 10.4 Å². The number of nitrogens with zero attached hydrogens (tertiary/aromatic N) is 3. The van der Waals surface area contributed by atoms with Crippen molar-refractivity contribution in [2.75, 3.05) is 7.05 Å². The molecule has 1 amide bonds. The summed E-state index contributed by atoms with van der Waals surface area (Å²) in [5.74, 6) is -0.916. The van der Waals surface area contributed by atoms with E-state index >= 15 is 0 Å². The van der Waals surface area contributed by atoms with E-state index in [1.807, 2.05) is 0 Å². The van der Waals surface area contributed by atoms with Gasteiger partial charge >= 0.3 is 5.97 Å². The molecular formula is C10H16N4O3. The highest BCUT2D eigenvalue weighted by Gasteiger charge is 2.04. The van der Waals surface area contributed by atoms with Crippen molar-refractivity contribution >= 4 is 11.9 Å². The molecule has 0 radical (unpaired) electrons. The summed E-state index contributed by atoms with van der Waals surface area (Å²) in [5.41, 5.74) is 0.777. The second-order valence-electron chi connectivity index (χ2n) is 3.68. The molecule has 0 unspecified atom stereocenters. The van der Waals surface area contributed by atoms with Crippen LogP contribution in [0.5, 0.6) is 0 Å². The first kappa shape index (κ1) is 13.1. The van der Waals surface area contributed by atoms with Crippen molar-refractivity contribution in [3.05, 3.63) is 11.9 Å². The predicted molar refractivity (Wildman–Crippen MR) is 59.3 cm³/mol. The van der Waals surface area contributed by atoms with Crippen LogP contribution in [0, 0.1) is 0 Å². The molecule has 94 valence electrons. The highest BCUT2D eigenvalue weighted by molar-refractivity contribution is 5.75. The van der Waals surface area contributed by atoms with Crippen LogP contribution in [-0.4, -0.2) is 39.0 Å². The second-order valence-corrected chi connectivity index (χ2v) is 3.68. The van der Waals surface area contributed by atoms with Crippen LogP contribution in [0.25, 0.3) is 0 Å². The summed E-state index contributed by atoms with van der Waals surface area (Å²) in [6.45, 7) is 0.151. The van der Waals surface area contributed by atoms with Crippen molar-refractivity contribution in [1.29, 1.82) is 0 Å². The first-order valence-corrected chi connectivity index (χ1v) is 5.43. The average molecular weight is 240 g/mol. The molecule has 1 heterocycles. The van der Waals surface area contributed by atoms with Gasteiger partial charge in [-0.15, -0.1) is 5.10 Å². The Bertz CT molecular complexity index is 389. The zero-order valence-electron chi connectivity index (χ0n) is 9.72. The zero-order chi connectivity index (χ0) is 12.7. The van der Waals surface area contributed by atoms with E-state index in [1.165, 1.54) is 4.68 Å². The smallest absolute Gasteiger partial charge is 0.303 e. The van der Waals surface area contributed by atoms with Gasteiger partial charge in [-0.25, -0.2) is 4.68 Å². The lowest BCUT2D eigenvalue weighted by Gasteiger charge is -1.97. The summed E-state index contributed by atoms with van der Waals surface area (Å²) in [6.07, 6.45) is 3.94. The molecule has 7 nitrogen and oxygen atoms in total. The fraction of sp³-hybridized carbons (Fsp3) is 0.600. The van der Waals surface area contributed by atoms with Crippen LogP contribution < -0.4 is 5.32 Å². The van der Waals surface area contributed by atoms with E-state index in [-0.39, 0.29) is 18.9 Å². The first-order chi connectivity index (χ1) is 8.11. The third-order valence-corrected chi connectivity index (χ3v) is 2.24. The number of carboxylic acid groups (broad SMARTS) is 1. The standard InChI is InChI=1S/C10H16N4O3/c1-11-9(15)7-14-6-8(12-13-14)4-2-3-5-10(16)17/h6H,2-5,7H2,1H3,(H,11,15)(H,16,17). The number of rotatable bonds is 7. The molecule has 0 saturated carbocycles. The van der Waals surface area contributed by atoms with Gasteiger partial charge in [0, 0.05) is 19.7 Å². The second kappa shape index (κ2) is 6.62. The minimum atomic E-state index is -0.784. The van der Waals surface area contributed by atoms with E-state index in [2.05, 4.69) is 15.6 Å². The van der Waals surface area contributed by atoms with Gasteiger partial charge in [0.1, 0.15) is 6.54 Å². The molecule has 0 fully saturated rings. The van der Waals surface area contributed by atoms with Crippen molar-refractivity contribution in [2.24, 2.45) is 0 Å². The van der Waals surface area contributed by atoms with Crippen LogP contribution in [-0.2, 0) is 22.6 Å². The minimum absolute atomic E-state index is 0.132. The van der Waals surface area contributed by atoms with E-state index in [1.54, 1.807) is 13.2 Å². The molecule has 7 heteroatoms. The van der Waals surface area contributed by atoms with Gasteiger partial charge in [0.05, 0.1) is 5.69 Å². The zero-order valence-corrected chi connectivity index (χ0v) is 9.72. The van der Waals surface area contributed by atoms with E-state index in [9.17, 15) is 9.59 Å². The van der Waals surface area contributed by atoms with Gasteiger partial charge in [-0.1, -0.05) is 5.21 Å². The molecular weight excluding hydrogens is 224 g/mol. The molecule has 0 atom stereocenters. The summed E-state index contributed by atoms with van der Waals surface area (Å²) in [4.78, 5) is 21.4. The molecule has 0 aliphatic rings. The van der Waals surface area contributed by atoms with E-state index in [0.29, 0.717) is 12.8 Å². The molecule has 0 spiro atoms. The normalized spacial score (nSPS) is 10.2. The Morgan fingerprint density at radius 1 is 1.47 bits per heavy atom. The molecule has 0 bridgehead atoms. The van der Waals surface area contributed by atoms with Gasteiger partial charge in [0.15, 0.2) is 0 Å². The van der Waals surface area contributed by atoms with Gasteiger partial charge in [0.2, 0.25) is 5.91 Å². The number of unbranched alkanes of at least 4 members (excludes halogenated alkanes) is 1. The first-order valence-electron chi connectivity index (χ1n) is 5.43. The molecule has 1 aromatic heterocycles. The molecule has 0 aliphatic heterocycles. The van der Waals surface area contributed by atoms with Crippen LogP contribution in [0.15, 0.2) is 6.20 Å². The van der Waals surface area contributed by atoms with Crippen molar-refractivity contribution < 1.29 is 14.7 Å². The van der Waals surface area contributed by atoms with Crippen molar-refractivity contribution in [1.82, 2.24) is 20.3 Å². The Hall–Kier alpha value is -1.92. The van der Waals surface area contributed by atoms with Crippen LogP contribution in [0.2, 0.25) is 0 Å². The van der Waals surface area contributed by atoms with Gasteiger partial charge in [-0.3, -0.25) is 9.59 Å². The minimum Gasteiger partial charge on any atom is -0.481 e. The summed E-state index contributed by atoms with van der Waals surface area (Å²) in [5, 5.41) is 18.7. The third-order valence-electron chi connectivity index (χ3n) is 2.24. The number of carbonyl (C=O) groups excluding carboxylic acids is 1. The Morgan fingerprint density at radius 3 is 2.88 bits per heavy atom. The van der Waals surface area contributed by atoms with E-state index in [4.69, 9.17) is 5.11 Å². The lowest BCUT2D eigenvalue weighted by molar-refractivity contribution is -0.137. The van der Waals surface area contributed by atoms with Gasteiger partial charge in [-0.2, -0.15) is 0 Å². The van der Waals surface area contributed by atoms with Crippen LogP contribution >= 0.6 is 0 Å². The summed E-state index contributed by atoms with van der Waals surface area (Å²) in [7, 11) is 1.56. The highest BCUT2D eigenvalue weighted by atomic mass is 16.4. The number of aliphatic carboxylic acids is 1. The maximum Gasteiger partial charge on any atom is 0.303 e. The average Bonchev–Trinajstić information content (AvgIpc) is 2.72. The number of nitrogens with one attached hydrogen (secondary N) is 1. The molecule has 0 saturated heterocycles. The monoisotopic (exact) mass is 240 g/mol. The lowest BCUT2D eigenvalue weighted by atomic mass is 10.1. The fourth-order valence-corrected chi connectivity index (χ4v) is 1.34. The number of aryl methyl sites for hydroxylation is 1. The number of aromatic nitrogens is 3. The molecule has 0 aliphatic carbocycles. The van der Waals surface area contributed by atoms with Crippen LogP contribution in [0.3, 0.4) is 0 Å². The van der Waals surface area contributed by atoms with E-state index in [0.717, 1.165) is 12.1 Å². The Labute approximate surface area is 98.8 Å². The summed E-state index contributed by atoms with van der Waals surface area (Å²) in [6, 6.07) is 0.